The van der Waals surface area contributed by atoms with Gasteiger partial charge in [-0.1, -0.05) is 12.1 Å². The smallest absolute Gasteiger partial charge is 0.233 e. The van der Waals surface area contributed by atoms with Gasteiger partial charge >= 0.3 is 0 Å². The molecule has 2 saturated heterocycles. The number of carbonyl (C=O) groups is 2. The highest BCUT2D eigenvalue weighted by Crippen LogP contribution is 2.50. The second-order valence-electron chi connectivity index (χ2n) is 7.56. The summed E-state index contributed by atoms with van der Waals surface area (Å²) < 4.78 is 5.21. The van der Waals surface area contributed by atoms with Crippen LogP contribution in [0.2, 0.25) is 0 Å². The summed E-state index contributed by atoms with van der Waals surface area (Å²) in [6.45, 7) is 2.31. The summed E-state index contributed by atoms with van der Waals surface area (Å²) in [4.78, 5) is 26.7. The Morgan fingerprint density at radius 1 is 1.12 bits per heavy atom. The van der Waals surface area contributed by atoms with Gasteiger partial charge in [-0.2, -0.15) is 0 Å². The molecular formula is C19H24N2O3. The van der Waals surface area contributed by atoms with E-state index in [4.69, 9.17) is 4.74 Å². The van der Waals surface area contributed by atoms with Gasteiger partial charge in [-0.3, -0.25) is 9.59 Å². The standard InChI is InChI=1S/C19H24N2O3/c1-24-15-4-2-14(3-5-15)19(6-7-19)17(23)21-10-8-18(9-11-21)12-16(22)20-13-18/h2-5H,6-13H2,1H3,(H,20,22). The number of hydrogen-bond acceptors (Lipinski definition) is 3. The molecule has 0 aromatic heterocycles. The van der Waals surface area contributed by atoms with E-state index in [1.165, 1.54) is 0 Å². The lowest BCUT2D eigenvalue weighted by atomic mass is 9.77. The summed E-state index contributed by atoms with van der Waals surface area (Å²) in [6, 6.07) is 7.91. The highest BCUT2D eigenvalue weighted by Gasteiger charge is 2.54. The van der Waals surface area contributed by atoms with E-state index in [0.29, 0.717) is 6.42 Å². The Labute approximate surface area is 142 Å². The van der Waals surface area contributed by atoms with Crippen molar-refractivity contribution in [2.24, 2.45) is 5.41 Å². The number of benzene rings is 1. The molecular weight excluding hydrogens is 304 g/mol. The van der Waals surface area contributed by atoms with E-state index in [1.54, 1.807) is 7.11 Å². The van der Waals surface area contributed by atoms with E-state index in [1.807, 2.05) is 29.2 Å². The number of carbonyl (C=O) groups excluding carboxylic acids is 2. The zero-order valence-electron chi connectivity index (χ0n) is 14.1. The lowest BCUT2D eigenvalue weighted by Gasteiger charge is -2.39. The van der Waals surface area contributed by atoms with Crippen molar-refractivity contribution in [3.63, 3.8) is 0 Å². The maximum absolute atomic E-state index is 13.1. The van der Waals surface area contributed by atoms with Crippen LogP contribution >= 0.6 is 0 Å². The average molecular weight is 328 g/mol. The summed E-state index contributed by atoms with van der Waals surface area (Å²) in [5.74, 6) is 1.24. The Bertz CT molecular complexity index is 656. The molecule has 1 N–H and O–H groups in total. The molecule has 1 spiro atoms. The van der Waals surface area contributed by atoms with E-state index in [0.717, 1.165) is 56.6 Å². The maximum Gasteiger partial charge on any atom is 0.233 e. The van der Waals surface area contributed by atoms with E-state index in [9.17, 15) is 9.59 Å². The molecule has 0 bridgehead atoms. The van der Waals surface area contributed by atoms with Gasteiger partial charge in [0.2, 0.25) is 11.8 Å². The number of nitrogens with one attached hydrogen (secondary N) is 1. The minimum atomic E-state index is -0.319. The second kappa shape index (κ2) is 5.50. The van der Waals surface area contributed by atoms with E-state index in [-0.39, 0.29) is 22.6 Å². The third-order valence-corrected chi connectivity index (χ3v) is 6.11. The summed E-state index contributed by atoms with van der Waals surface area (Å²) >= 11 is 0. The SMILES string of the molecule is COc1ccc(C2(C(=O)N3CCC4(CC3)CNC(=O)C4)CC2)cc1. The van der Waals surface area contributed by atoms with Crippen molar-refractivity contribution >= 4 is 11.8 Å². The molecule has 24 heavy (non-hydrogen) atoms. The van der Waals surface area contributed by atoms with Gasteiger partial charge in [0.05, 0.1) is 12.5 Å². The first-order valence-corrected chi connectivity index (χ1v) is 8.78. The number of ether oxygens (including phenoxy) is 1. The normalized spacial score (nSPS) is 23.9. The van der Waals surface area contributed by atoms with Gasteiger partial charge in [-0.05, 0) is 48.8 Å². The number of hydrogen-bond donors (Lipinski definition) is 1. The van der Waals surface area contributed by atoms with Gasteiger partial charge in [0, 0.05) is 26.1 Å². The van der Waals surface area contributed by atoms with Crippen LogP contribution in [-0.2, 0) is 15.0 Å². The quantitative estimate of drug-likeness (QED) is 0.921. The Balaban J connectivity index is 1.45. The van der Waals surface area contributed by atoms with Crippen LogP contribution < -0.4 is 10.1 Å². The molecule has 1 aromatic rings. The van der Waals surface area contributed by atoms with Crippen molar-refractivity contribution in [1.82, 2.24) is 10.2 Å². The Morgan fingerprint density at radius 3 is 2.29 bits per heavy atom. The average Bonchev–Trinajstić information content (AvgIpc) is 3.35. The van der Waals surface area contributed by atoms with Crippen LogP contribution in [0.1, 0.15) is 37.7 Å². The second-order valence-corrected chi connectivity index (χ2v) is 7.56. The van der Waals surface area contributed by atoms with E-state index >= 15 is 0 Å². The largest absolute Gasteiger partial charge is 0.497 e. The number of nitrogens with zero attached hydrogens (tertiary/aromatic N) is 1. The first-order chi connectivity index (χ1) is 11.6. The van der Waals surface area contributed by atoms with Gasteiger partial charge in [0.25, 0.3) is 0 Å². The van der Waals surface area contributed by atoms with Crippen LogP contribution in [0, 0.1) is 5.41 Å². The molecule has 0 atom stereocenters. The van der Waals surface area contributed by atoms with Gasteiger partial charge < -0.3 is 15.0 Å². The van der Waals surface area contributed by atoms with Crippen molar-refractivity contribution in [3.05, 3.63) is 29.8 Å². The molecule has 1 aliphatic carbocycles. The fourth-order valence-electron chi connectivity index (χ4n) is 4.25. The highest BCUT2D eigenvalue weighted by molar-refractivity contribution is 5.91. The fourth-order valence-corrected chi connectivity index (χ4v) is 4.25. The molecule has 1 aromatic carbocycles. The number of methoxy groups -OCH3 is 1. The van der Waals surface area contributed by atoms with Crippen molar-refractivity contribution in [1.29, 1.82) is 0 Å². The molecule has 5 heteroatoms. The maximum atomic E-state index is 13.1. The first kappa shape index (κ1) is 15.5. The Hall–Kier alpha value is -2.04. The van der Waals surface area contributed by atoms with E-state index < -0.39 is 0 Å². The van der Waals surface area contributed by atoms with Crippen molar-refractivity contribution < 1.29 is 14.3 Å². The summed E-state index contributed by atoms with van der Waals surface area (Å²) in [6.07, 6.45) is 4.34. The van der Waals surface area contributed by atoms with Gasteiger partial charge in [-0.25, -0.2) is 0 Å². The summed E-state index contributed by atoms with van der Waals surface area (Å²) in [5.41, 5.74) is 0.872. The van der Waals surface area contributed by atoms with Gasteiger partial charge in [0.1, 0.15) is 5.75 Å². The molecule has 0 radical (unpaired) electrons. The number of amides is 2. The van der Waals surface area contributed by atoms with Crippen LogP contribution in [0.4, 0.5) is 0 Å². The third-order valence-electron chi connectivity index (χ3n) is 6.11. The Morgan fingerprint density at radius 2 is 1.79 bits per heavy atom. The van der Waals surface area contributed by atoms with Crippen LogP contribution in [0.15, 0.2) is 24.3 Å². The van der Waals surface area contributed by atoms with Crippen LogP contribution in [-0.4, -0.2) is 43.5 Å². The van der Waals surface area contributed by atoms with E-state index in [2.05, 4.69) is 5.32 Å². The molecule has 128 valence electrons. The number of piperidine rings is 1. The monoisotopic (exact) mass is 328 g/mol. The van der Waals surface area contributed by atoms with Crippen molar-refractivity contribution in [3.8, 4) is 5.75 Å². The van der Waals surface area contributed by atoms with Gasteiger partial charge in [0.15, 0.2) is 0 Å². The molecule has 3 fully saturated rings. The van der Waals surface area contributed by atoms with Crippen molar-refractivity contribution in [2.45, 2.75) is 37.5 Å². The lowest BCUT2D eigenvalue weighted by Crippen LogP contribution is -2.47. The molecule has 2 aliphatic heterocycles. The highest BCUT2D eigenvalue weighted by atomic mass is 16.5. The minimum absolute atomic E-state index is 0.0880. The van der Waals surface area contributed by atoms with Gasteiger partial charge in [-0.15, -0.1) is 0 Å². The third kappa shape index (κ3) is 2.46. The predicted molar refractivity (Wildman–Crippen MR) is 89.8 cm³/mol. The van der Waals surface area contributed by atoms with Crippen LogP contribution in [0.25, 0.3) is 0 Å². The predicted octanol–water partition coefficient (Wildman–Crippen LogP) is 1.86. The Kier molecular flexibility index (Phi) is 3.55. The first-order valence-electron chi connectivity index (χ1n) is 8.78. The molecule has 2 amide bonds. The summed E-state index contributed by atoms with van der Waals surface area (Å²) in [5, 5.41) is 2.95. The molecule has 4 rings (SSSR count). The number of likely N-dealkylation sites (tertiary alicyclic amines) is 1. The number of rotatable bonds is 3. The molecule has 2 heterocycles. The summed E-state index contributed by atoms with van der Waals surface area (Å²) in [7, 11) is 1.65. The topological polar surface area (TPSA) is 58.6 Å². The lowest BCUT2D eigenvalue weighted by molar-refractivity contribution is -0.136. The van der Waals surface area contributed by atoms with Crippen LogP contribution in [0.3, 0.4) is 0 Å². The molecule has 1 saturated carbocycles. The molecule has 5 nitrogen and oxygen atoms in total. The zero-order chi connectivity index (χ0) is 16.8. The molecule has 3 aliphatic rings. The zero-order valence-corrected chi connectivity index (χ0v) is 14.1. The minimum Gasteiger partial charge on any atom is -0.497 e. The van der Waals surface area contributed by atoms with Crippen LogP contribution in [0.5, 0.6) is 5.75 Å². The van der Waals surface area contributed by atoms with Crippen molar-refractivity contribution in [2.75, 3.05) is 26.7 Å². The molecule has 0 unspecified atom stereocenters. The fraction of sp³-hybridized carbons (Fsp3) is 0.579.